The number of nitrogens with two attached hydrogens (primary N) is 1. The fraction of sp³-hybridized carbons (Fsp3) is 1.00. The summed E-state index contributed by atoms with van der Waals surface area (Å²) in [6.07, 6.45) is 17.0. The average Bonchev–Trinajstić information content (AvgIpc) is 2.44. The van der Waals surface area contributed by atoms with Crippen LogP contribution in [-0.4, -0.2) is 17.8 Å². The van der Waals surface area contributed by atoms with Crippen LogP contribution in [-0.2, 0) is 0 Å². The Morgan fingerprint density at radius 1 is 0.750 bits per heavy atom. The van der Waals surface area contributed by atoms with Gasteiger partial charge in [0.15, 0.2) is 0 Å². The highest BCUT2D eigenvalue weighted by Crippen LogP contribution is 2.17. The van der Waals surface area contributed by atoms with Gasteiger partial charge in [0.25, 0.3) is 0 Å². The van der Waals surface area contributed by atoms with E-state index in [1.165, 1.54) is 70.6 Å². The van der Waals surface area contributed by atoms with Gasteiger partial charge in [-0.2, -0.15) is 0 Å². The van der Waals surface area contributed by atoms with Gasteiger partial charge in [-0.1, -0.05) is 84.5 Å². The molecule has 0 amide bonds. The van der Waals surface area contributed by atoms with Crippen molar-refractivity contribution in [1.29, 1.82) is 0 Å². The van der Waals surface area contributed by atoms with E-state index in [1.54, 1.807) is 0 Å². The minimum absolute atomic E-state index is 0.192. The molecule has 0 bridgehead atoms. The summed E-state index contributed by atoms with van der Waals surface area (Å²) in [5.74, 6) is 0.414. The van der Waals surface area contributed by atoms with Crippen molar-refractivity contribution < 1.29 is 5.11 Å². The number of hydrogen-bond acceptors (Lipinski definition) is 2. The molecule has 2 unspecified atom stereocenters. The SMILES string of the molecule is CCCCCCCCCCCCCC(C)C(O)CCN. The molecule has 2 heteroatoms. The van der Waals surface area contributed by atoms with Crippen molar-refractivity contribution in [2.24, 2.45) is 11.7 Å². The van der Waals surface area contributed by atoms with Crippen LogP contribution in [0.4, 0.5) is 0 Å². The summed E-state index contributed by atoms with van der Waals surface area (Å²) in [4.78, 5) is 0. The lowest BCUT2D eigenvalue weighted by Crippen LogP contribution is -2.21. The highest BCUT2D eigenvalue weighted by atomic mass is 16.3. The van der Waals surface area contributed by atoms with Crippen molar-refractivity contribution in [1.82, 2.24) is 0 Å². The molecule has 2 nitrogen and oxygen atoms in total. The van der Waals surface area contributed by atoms with Gasteiger partial charge in [-0.25, -0.2) is 0 Å². The molecule has 0 saturated carbocycles. The zero-order valence-electron chi connectivity index (χ0n) is 14.1. The minimum Gasteiger partial charge on any atom is -0.393 e. The van der Waals surface area contributed by atoms with Crippen LogP contribution in [0.2, 0.25) is 0 Å². The summed E-state index contributed by atoms with van der Waals surface area (Å²) in [6.45, 7) is 5.02. The van der Waals surface area contributed by atoms with Crippen LogP contribution in [0.15, 0.2) is 0 Å². The Morgan fingerprint density at radius 2 is 1.20 bits per heavy atom. The van der Waals surface area contributed by atoms with Crippen molar-refractivity contribution in [2.75, 3.05) is 6.54 Å². The first kappa shape index (κ1) is 19.9. The smallest absolute Gasteiger partial charge is 0.0577 e. The number of aliphatic hydroxyl groups is 1. The van der Waals surface area contributed by atoms with Crippen LogP contribution in [0.1, 0.15) is 97.3 Å². The molecule has 0 aliphatic carbocycles. The summed E-state index contributed by atoms with van der Waals surface area (Å²) in [5, 5.41) is 9.80. The summed E-state index contributed by atoms with van der Waals surface area (Å²) >= 11 is 0. The lowest BCUT2D eigenvalue weighted by atomic mass is 9.95. The van der Waals surface area contributed by atoms with Gasteiger partial charge < -0.3 is 10.8 Å². The minimum atomic E-state index is -0.192. The van der Waals surface area contributed by atoms with E-state index in [4.69, 9.17) is 5.73 Å². The first-order valence-electron chi connectivity index (χ1n) is 9.10. The summed E-state index contributed by atoms with van der Waals surface area (Å²) in [7, 11) is 0. The molecule has 2 atom stereocenters. The predicted octanol–water partition coefficient (Wildman–Crippen LogP) is 5.03. The molecule has 0 saturated heterocycles. The normalized spacial score (nSPS) is 14.4. The molecule has 0 aromatic carbocycles. The van der Waals surface area contributed by atoms with E-state index in [9.17, 15) is 5.11 Å². The van der Waals surface area contributed by atoms with Crippen molar-refractivity contribution in [3.63, 3.8) is 0 Å². The second kappa shape index (κ2) is 15.3. The molecule has 20 heavy (non-hydrogen) atoms. The molecular weight excluding hydrogens is 246 g/mol. The molecule has 0 heterocycles. The third-order valence-electron chi connectivity index (χ3n) is 4.38. The van der Waals surface area contributed by atoms with E-state index in [0.717, 1.165) is 12.8 Å². The van der Waals surface area contributed by atoms with E-state index in [1.807, 2.05) is 0 Å². The topological polar surface area (TPSA) is 46.2 Å². The van der Waals surface area contributed by atoms with Gasteiger partial charge in [0.05, 0.1) is 6.10 Å². The largest absolute Gasteiger partial charge is 0.393 e. The Kier molecular flexibility index (Phi) is 15.3. The third kappa shape index (κ3) is 12.9. The molecule has 0 radical (unpaired) electrons. The monoisotopic (exact) mass is 285 g/mol. The molecule has 122 valence electrons. The van der Waals surface area contributed by atoms with Crippen LogP contribution in [0.5, 0.6) is 0 Å². The van der Waals surface area contributed by atoms with Crippen molar-refractivity contribution in [2.45, 2.75) is 103 Å². The van der Waals surface area contributed by atoms with Crippen molar-refractivity contribution in [3.05, 3.63) is 0 Å². The number of aliphatic hydroxyl groups excluding tert-OH is 1. The Bertz CT molecular complexity index is 184. The first-order valence-corrected chi connectivity index (χ1v) is 9.10. The first-order chi connectivity index (χ1) is 9.72. The second-order valence-electron chi connectivity index (χ2n) is 6.45. The van der Waals surface area contributed by atoms with E-state index in [2.05, 4.69) is 13.8 Å². The van der Waals surface area contributed by atoms with Gasteiger partial charge in [-0.3, -0.25) is 0 Å². The number of hydrogen-bond donors (Lipinski definition) is 2. The third-order valence-corrected chi connectivity index (χ3v) is 4.38. The highest BCUT2D eigenvalue weighted by Gasteiger charge is 2.12. The summed E-state index contributed by atoms with van der Waals surface area (Å²) in [5.41, 5.74) is 5.47. The van der Waals surface area contributed by atoms with Crippen LogP contribution in [0.25, 0.3) is 0 Å². The lowest BCUT2D eigenvalue weighted by molar-refractivity contribution is 0.104. The second-order valence-corrected chi connectivity index (χ2v) is 6.45. The maximum absolute atomic E-state index is 9.80. The molecule has 0 aliphatic rings. The van der Waals surface area contributed by atoms with Crippen LogP contribution >= 0.6 is 0 Å². The van der Waals surface area contributed by atoms with Crippen molar-refractivity contribution >= 4 is 0 Å². The molecular formula is C18H39NO. The molecule has 0 aliphatic heterocycles. The number of rotatable bonds is 15. The zero-order chi connectivity index (χ0) is 15.1. The Hall–Kier alpha value is -0.0800. The Morgan fingerprint density at radius 3 is 1.65 bits per heavy atom. The maximum Gasteiger partial charge on any atom is 0.0577 e. The molecule has 0 spiro atoms. The molecule has 0 aromatic heterocycles. The molecule has 0 rings (SSSR count). The van der Waals surface area contributed by atoms with E-state index in [0.29, 0.717) is 12.5 Å². The molecule has 3 N–H and O–H groups in total. The van der Waals surface area contributed by atoms with E-state index < -0.39 is 0 Å². The van der Waals surface area contributed by atoms with Crippen molar-refractivity contribution in [3.8, 4) is 0 Å². The predicted molar refractivity (Wildman–Crippen MR) is 89.9 cm³/mol. The lowest BCUT2D eigenvalue weighted by Gasteiger charge is -2.17. The van der Waals surface area contributed by atoms with E-state index in [-0.39, 0.29) is 6.10 Å². The van der Waals surface area contributed by atoms with Gasteiger partial charge in [0, 0.05) is 0 Å². The summed E-state index contributed by atoms with van der Waals surface area (Å²) in [6, 6.07) is 0. The quantitative estimate of drug-likeness (QED) is 0.414. The standard InChI is InChI=1S/C18H39NO/c1-3-4-5-6-7-8-9-10-11-12-13-14-17(2)18(20)15-16-19/h17-18,20H,3-16,19H2,1-2H3. The van der Waals surface area contributed by atoms with Crippen LogP contribution < -0.4 is 5.73 Å². The highest BCUT2D eigenvalue weighted by molar-refractivity contribution is 4.65. The fourth-order valence-electron chi connectivity index (χ4n) is 2.78. The molecule has 0 fully saturated rings. The van der Waals surface area contributed by atoms with E-state index >= 15 is 0 Å². The zero-order valence-corrected chi connectivity index (χ0v) is 14.1. The maximum atomic E-state index is 9.80. The van der Waals surface area contributed by atoms with Crippen LogP contribution in [0.3, 0.4) is 0 Å². The average molecular weight is 286 g/mol. The molecule has 0 aromatic rings. The van der Waals surface area contributed by atoms with Crippen LogP contribution in [0, 0.1) is 5.92 Å². The summed E-state index contributed by atoms with van der Waals surface area (Å²) < 4.78 is 0. The van der Waals surface area contributed by atoms with Gasteiger partial charge in [-0.15, -0.1) is 0 Å². The van der Waals surface area contributed by atoms with Gasteiger partial charge >= 0.3 is 0 Å². The number of unbranched alkanes of at least 4 members (excludes halogenated alkanes) is 10. The Balaban J connectivity index is 3.16. The van der Waals surface area contributed by atoms with Gasteiger partial charge in [0.2, 0.25) is 0 Å². The fourth-order valence-corrected chi connectivity index (χ4v) is 2.78. The van der Waals surface area contributed by atoms with Gasteiger partial charge in [-0.05, 0) is 25.3 Å². The van der Waals surface area contributed by atoms with Gasteiger partial charge in [0.1, 0.15) is 0 Å². The Labute approximate surface area is 127 Å².